The highest BCUT2D eigenvalue weighted by atomic mass is 32.2. The molecule has 0 spiro atoms. The molecule has 5 rings (SSSR count). The van der Waals surface area contributed by atoms with Crippen LogP contribution in [0.1, 0.15) is 23.9 Å². The van der Waals surface area contributed by atoms with Gasteiger partial charge < -0.3 is 4.57 Å². The molecule has 26 heavy (non-hydrogen) atoms. The summed E-state index contributed by atoms with van der Waals surface area (Å²) in [6.07, 6.45) is 6.17. The number of imidazole rings is 1. The highest BCUT2D eigenvalue weighted by Crippen LogP contribution is 2.36. The van der Waals surface area contributed by atoms with E-state index in [0.29, 0.717) is 6.04 Å². The second-order valence-electron chi connectivity index (χ2n) is 6.66. The van der Waals surface area contributed by atoms with Gasteiger partial charge in [0.05, 0.1) is 22.1 Å². The summed E-state index contributed by atoms with van der Waals surface area (Å²) in [6.45, 7) is 0. The van der Waals surface area contributed by atoms with E-state index in [1.54, 1.807) is 11.8 Å². The summed E-state index contributed by atoms with van der Waals surface area (Å²) >= 11 is 1.67. The fourth-order valence-electron chi connectivity index (χ4n) is 3.90. The van der Waals surface area contributed by atoms with Crippen LogP contribution in [-0.2, 0) is 6.42 Å². The number of fused-ring (bicyclic) bond motifs is 3. The number of nitrogens with zero attached hydrogens (tertiary/aromatic N) is 3. The lowest BCUT2D eigenvalue weighted by molar-refractivity contribution is 0.637. The molecule has 4 aromatic rings. The van der Waals surface area contributed by atoms with Gasteiger partial charge in [-0.2, -0.15) is 0 Å². The van der Waals surface area contributed by atoms with Crippen LogP contribution in [0.4, 0.5) is 0 Å². The number of aryl methyl sites for hydroxylation is 1. The lowest BCUT2D eigenvalue weighted by Crippen LogP contribution is -2.05. The number of benzene rings is 2. The molecule has 0 aliphatic carbocycles. The predicted molar refractivity (Wildman–Crippen MR) is 108 cm³/mol. The Morgan fingerprint density at radius 3 is 2.62 bits per heavy atom. The van der Waals surface area contributed by atoms with Gasteiger partial charge in [0, 0.05) is 18.2 Å². The minimum Gasteiger partial charge on any atom is -0.320 e. The third kappa shape index (κ3) is 2.53. The Balaban J connectivity index is 1.62. The van der Waals surface area contributed by atoms with Crippen LogP contribution in [0, 0.1) is 0 Å². The summed E-state index contributed by atoms with van der Waals surface area (Å²) in [5.74, 6) is 1.20. The molecule has 0 bridgehead atoms. The zero-order valence-electron chi connectivity index (χ0n) is 14.6. The van der Waals surface area contributed by atoms with Crippen molar-refractivity contribution >= 4 is 22.8 Å². The van der Waals surface area contributed by atoms with Crippen LogP contribution in [0.25, 0.3) is 22.2 Å². The Kier molecular flexibility index (Phi) is 3.79. The Bertz CT molecular complexity index is 1070. The van der Waals surface area contributed by atoms with Crippen molar-refractivity contribution in [2.24, 2.45) is 0 Å². The summed E-state index contributed by atoms with van der Waals surface area (Å²) in [4.78, 5) is 9.39. The fourth-order valence-corrected chi connectivity index (χ4v) is 4.27. The predicted octanol–water partition coefficient (Wildman–Crippen LogP) is 5.36. The topological polar surface area (TPSA) is 30.7 Å². The van der Waals surface area contributed by atoms with E-state index in [1.165, 1.54) is 22.5 Å². The van der Waals surface area contributed by atoms with Gasteiger partial charge in [0.2, 0.25) is 0 Å². The van der Waals surface area contributed by atoms with Crippen molar-refractivity contribution in [3.8, 4) is 11.1 Å². The third-order valence-electron chi connectivity index (χ3n) is 5.18. The highest BCUT2D eigenvalue weighted by Gasteiger charge is 2.27. The number of hydrogen-bond donors (Lipinski definition) is 0. The number of aromatic nitrogens is 3. The van der Waals surface area contributed by atoms with Gasteiger partial charge in [-0.1, -0.05) is 42.5 Å². The van der Waals surface area contributed by atoms with E-state index in [0.717, 1.165) is 28.9 Å². The minimum atomic E-state index is 0.378. The summed E-state index contributed by atoms with van der Waals surface area (Å²) < 4.78 is 2.43. The summed E-state index contributed by atoms with van der Waals surface area (Å²) in [6, 6.07) is 21.9. The average Bonchev–Trinajstić information content (AvgIpc) is 3.27. The monoisotopic (exact) mass is 357 g/mol. The minimum absolute atomic E-state index is 0.378. The van der Waals surface area contributed by atoms with Crippen LogP contribution in [0.15, 0.2) is 71.9 Å². The zero-order chi connectivity index (χ0) is 17.5. The SMILES string of the molecule is CSc1ccc(-c2ccc3nc4n(c3c2)C(c2ccccc2)CC4)cn1. The van der Waals surface area contributed by atoms with Crippen molar-refractivity contribution < 1.29 is 0 Å². The molecule has 4 heteroatoms. The van der Waals surface area contributed by atoms with Gasteiger partial charge in [0.1, 0.15) is 5.82 Å². The van der Waals surface area contributed by atoms with Crippen molar-refractivity contribution in [3.63, 3.8) is 0 Å². The van der Waals surface area contributed by atoms with Crippen molar-refractivity contribution in [1.82, 2.24) is 14.5 Å². The van der Waals surface area contributed by atoms with Gasteiger partial charge in [0.25, 0.3) is 0 Å². The molecule has 0 saturated carbocycles. The van der Waals surface area contributed by atoms with E-state index in [-0.39, 0.29) is 0 Å². The smallest absolute Gasteiger partial charge is 0.110 e. The number of thioether (sulfide) groups is 1. The standard InChI is InChI=1S/C22H19N3S/c1-26-22-12-8-17(14-23-22)16-7-9-18-20(13-16)25-19(10-11-21(25)24-18)15-5-3-2-4-6-15/h2-9,12-14,19H,10-11H2,1H3. The van der Waals surface area contributed by atoms with E-state index in [4.69, 9.17) is 4.98 Å². The number of rotatable bonds is 3. The maximum Gasteiger partial charge on any atom is 0.110 e. The van der Waals surface area contributed by atoms with Gasteiger partial charge in [-0.05, 0) is 42.0 Å². The van der Waals surface area contributed by atoms with E-state index >= 15 is 0 Å². The van der Waals surface area contributed by atoms with Gasteiger partial charge in [-0.15, -0.1) is 11.8 Å². The first-order valence-corrected chi connectivity index (χ1v) is 10.1. The molecule has 3 nitrogen and oxygen atoms in total. The lowest BCUT2D eigenvalue weighted by atomic mass is 10.0. The molecule has 1 aliphatic rings. The summed E-state index contributed by atoms with van der Waals surface area (Å²) in [7, 11) is 0. The Morgan fingerprint density at radius 1 is 1.00 bits per heavy atom. The van der Waals surface area contributed by atoms with E-state index in [1.807, 2.05) is 12.5 Å². The number of hydrogen-bond acceptors (Lipinski definition) is 3. The average molecular weight is 357 g/mol. The second kappa shape index (κ2) is 6.29. The first-order chi connectivity index (χ1) is 12.8. The molecule has 0 saturated heterocycles. The molecule has 3 heterocycles. The zero-order valence-corrected chi connectivity index (χ0v) is 15.4. The van der Waals surface area contributed by atoms with Crippen molar-refractivity contribution in [1.29, 1.82) is 0 Å². The summed E-state index contributed by atoms with van der Waals surface area (Å²) in [5, 5.41) is 1.05. The molecule has 0 N–H and O–H groups in total. The Labute approximate surface area is 157 Å². The Hall–Kier alpha value is -2.59. The van der Waals surface area contributed by atoms with E-state index < -0.39 is 0 Å². The highest BCUT2D eigenvalue weighted by molar-refractivity contribution is 7.98. The first-order valence-electron chi connectivity index (χ1n) is 8.90. The van der Waals surface area contributed by atoms with Gasteiger partial charge in [-0.25, -0.2) is 9.97 Å². The molecule has 2 aromatic heterocycles. The molecule has 1 atom stereocenters. The molecular weight excluding hydrogens is 338 g/mol. The van der Waals surface area contributed by atoms with Crippen molar-refractivity contribution in [3.05, 3.63) is 78.2 Å². The molecule has 0 radical (unpaired) electrons. The molecule has 1 aliphatic heterocycles. The van der Waals surface area contributed by atoms with Gasteiger partial charge in [0.15, 0.2) is 0 Å². The fraction of sp³-hybridized carbons (Fsp3) is 0.182. The maximum absolute atomic E-state index is 4.88. The van der Waals surface area contributed by atoms with Crippen LogP contribution in [0.3, 0.4) is 0 Å². The van der Waals surface area contributed by atoms with Crippen molar-refractivity contribution in [2.45, 2.75) is 23.9 Å². The first kappa shape index (κ1) is 15.6. The van der Waals surface area contributed by atoms with Gasteiger partial charge in [-0.3, -0.25) is 0 Å². The molecule has 2 aromatic carbocycles. The van der Waals surface area contributed by atoms with Crippen LogP contribution in [0.5, 0.6) is 0 Å². The molecule has 1 unspecified atom stereocenters. The molecule has 0 amide bonds. The molecule has 128 valence electrons. The Morgan fingerprint density at radius 2 is 1.85 bits per heavy atom. The summed E-state index contributed by atoms with van der Waals surface area (Å²) in [5.41, 5.74) is 6.01. The van der Waals surface area contributed by atoms with E-state index in [9.17, 15) is 0 Å². The maximum atomic E-state index is 4.88. The van der Waals surface area contributed by atoms with Crippen LogP contribution >= 0.6 is 11.8 Å². The molecule has 0 fully saturated rings. The second-order valence-corrected chi connectivity index (χ2v) is 7.48. The van der Waals surface area contributed by atoms with Gasteiger partial charge >= 0.3 is 0 Å². The number of pyridine rings is 1. The quantitative estimate of drug-likeness (QED) is 0.463. The molecular formula is C22H19N3S. The van der Waals surface area contributed by atoms with Crippen molar-refractivity contribution in [2.75, 3.05) is 6.26 Å². The normalized spacial score (nSPS) is 16.1. The van der Waals surface area contributed by atoms with Crippen LogP contribution in [-0.4, -0.2) is 20.8 Å². The third-order valence-corrected chi connectivity index (χ3v) is 5.84. The van der Waals surface area contributed by atoms with Crippen LogP contribution < -0.4 is 0 Å². The lowest BCUT2D eigenvalue weighted by Gasteiger charge is -2.15. The van der Waals surface area contributed by atoms with Crippen LogP contribution in [0.2, 0.25) is 0 Å². The largest absolute Gasteiger partial charge is 0.320 e. The van der Waals surface area contributed by atoms with E-state index in [2.05, 4.69) is 70.2 Å².